The number of urea groups is 1. The van der Waals surface area contributed by atoms with Crippen LogP contribution < -0.4 is 10.6 Å². The number of aryl methyl sites for hydroxylation is 1. The summed E-state index contributed by atoms with van der Waals surface area (Å²) in [6.45, 7) is 9.19. The number of hydrogen-bond acceptors (Lipinski definition) is 3. The fraction of sp³-hybridized carbons (Fsp3) is 0.571. The van der Waals surface area contributed by atoms with E-state index in [1.54, 1.807) is 32.0 Å². The fourth-order valence-corrected chi connectivity index (χ4v) is 3.27. The zero-order valence-electron chi connectivity index (χ0n) is 17.2. The van der Waals surface area contributed by atoms with Crippen molar-refractivity contribution in [3.63, 3.8) is 0 Å². The first kappa shape index (κ1) is 21.7. The quantitative estimate of drug-likeness (QED) is 0.692. The number of carboxylic acids is 1. The first-order valence-corrected chi connectivity index (χ1v) is 9.78. The lowest BCUT2D eigenvalue weighted by atomic mass is 9.98. The Bertz CT molecular complexity index is 737. The summed E-state index contributed by atoms with van der Waals surface area (Å²) in [4.78, 5) is 37.6. The third kappa shape index (κ3) is 6.25. The summed E-state index contributed by atoms with van der Waals surface area (Å²) in [6, 6.07) is 4.87. The first-order chi connectivity index (χ1) is 13.1. The maximum absolute atomic E-state index is 12.7. The van der Waals surface area contributed by atoms with E-state index in [0.717, 1.165) is 31.5 Å². The molecule has 1 aliphatic rings. The van der Waals surface area contributed by atoms with Crippen LogP contribution in [0.15, 0.2) is 18.2 Å². The van der Waals surface area contributed by atoms with Gasteiger partial charge in [0.25, 0.3) is 5.91 Å². The molecule has 28 heavy (non-hydrogen) atoms. The van der Waals surface area contributed by atoms with E-state index in [1.165, 1.54) is 0 Å². The number of benzene rings is 1. The molecule has 0 unspecified atom stereocenters. The molecule has 1 saturated heterocycles. The van der Waals surface area contributed by atoms with Crippen LogP contribution in [-0.2, 0) is 4.79 Å². The van der Waals surface area contributed by atoms with Gasteiger partial charge in [-0.25, -0.2) is 4.79 Å². The van der Waals surface area contributed by atoms with Crippen molar-refractivity contribution in [3.8, 4) is 0 Å². The number of aliphatic carboxylic acids is 1. The molecule has 0 aromatic heterocycles. The Kier molecular flexibility index (Phi) is 7.05. The number of carbonyl (C=O) groups is 3. The largest absolute Gasteiger partial charge is 0.481 e. The lowest BCUT2D eigenvalue weighted by Gasteiger charge is -2.30. The number of hydrogen-bond donors (Lipinski definition) is 3. The second kappa shape index (κ2) is 9.08. The zero-order chi connectivity index (χ0) is 20.9. The van der Waals surface area contributed by atoms with E-state index >= 15 is 0 Å². The van der Waals surface area contributed by atoms with E-state index in [0.29, 0.717) is 23.6 Å². The zero-order valence-corrected chi connectivity index (χ0v) is 17.2. The Morgan fingerprint density at radius 2 is 1.86 bits per heavy atom. The summed E-state index contributed by atoms with van der Waals surface area (Å²) in [5.74, 6) is -0.203. The molecule has 2 rings (SSSR count). The molecule has 1 fully saturated rings. The van der Waals surface area contributed by atoms with Crippen molar-refractivity contribution in [3.05, 3.63) is 29.3 Å². The van der Waals surface area contributed by atoms with Gasteiger partial charge in [0, 0.05) is 36.3 Å². The Morgan fingerprint density at radius 1 is 1.21 bits per heavy atom. The van der Waals surface area contributed by atoms with Gasteiger partial charge >= 0.3 is 12.0 Å². The average molecular weight is 389 g/mol. The number of likely N-dealkylation sites (tertiary alicyclic amines) is 1. The highest BCUT2D eigenvalue weighted by atomic mass is 16.4. The van der Waals surface area contributed by atoms with Crippen LogP contribution in [0.25, 0.3) is 0 Å². The highest BCUT2D eigenvalue weighted by Crippen LogP contribution is 2.21. The second-order valence-electron chi connectivity index (χ2n) is 8.36. The van der Waals surface area contributed by atoms with Crippen LogP contribution >= 0.6 is 0 Å². The average Bonchev–Trinajstić information content (AvgIpc) is 2.61. The van der Waals surface area contributed by atoms with E-state index in [1.807, 2.05) is 11.8 Å². The smallest absolute Gasteiger partial charge is 0.319 e. The Balaban J connectivity index is 1.97. The summed E-state index contributed by atoms with van der Waals surface area (Å²) in [5.41, 5.74) is 1.40. The summed E-state index contributed by atoms with van der Waals surface area (Å²) < 4.78 is 0. The number of carboxylic acid groups (broad SMARTS) is 1. The topological polar surface area (TPSA) is 98.7 Å². The van der Waals surface area contributed by atoms with E-state index in [9.17, 15) is 14.4 Å². The lowest BCUT2D eigenvalue weighted by molar-refractivity contribution is -0.137. The Hall–Kier alpha value is -2.57. The minimum absolute atomic E-state index is 0.0155. The van der Waals surface area contributed by atoms with Gasteiger partial charge in [-0.3, -0.25) is 9.59 Å². The molecule has 0 bridgehead atoms. The van der Waals surface area contributed by atoms with Crippen LogP contribution in [0.2, 0.25) is 0 Å². The summed E-state index contributed by atoms with van der Waals surface area (Å²) in [5, 5.41) is 14.4. The number of nitrogens with one attached hydrogen (secondary N) is 2. The molecular formula is C21H31N3O4. The molecule has 0 aliphatic carbocycles. The highest BCUT2D eigenvalue weighted by molar-refractivity contribution is 5.96. The van der Waals surface area contributed by atoms with Crippen molar-refractivity contribution < 1.29 is 19.5 Å². The first-order valence-electron chi connectivity index (χ1n) is 9.78. The normalized spacial score (nSPS) is 15.2. The van der Waals surface area contributed by atoms with Gasteiger partial charge in [-0.2, -0.15) is 0 Å². The van der Waals surface area contributed by atoms with Crippen LogP contribution in [-0.4, -0.2) is 46.5 Å². The minimum atomic E-state index is -0.894. The molecular weight excluding hydrogens is 358 g/mol. The van der Waals surface area contributed by atoms with Gasteiger partial charge in [-0.05, 0) is 69.7 Å². The maximum atomic E-state index is 12.7. The van der Waals surface area contributed by atoms with Gasteiger partial charge in [0.2, 0.25) is 0 Å². The van der Waals surface area contributed by atoms with Gasteiger partial charge in [0.1, 0.15) is 0 Å². The molecule has 154 valence electrons. The molecule has 7 heteroatoms. The van der Waals surface area contributed by atoms with Crippen LogP contribution in [0.4, 0.5) is 10.5 Å². The summed E-state index contributed by atoms with van der Waals surface area (Å²) in [6.07, 6.45) is 2.37. The SMILES string of the molecule is Cc1cc(C(=O)N2CCC(C)CC2)ccc1NC(=O)NC(C)(C)CCC(=O)O. The minimum Gasteiger partial charge on any atom is -0.481 e. The Labute approximate surface area is 166 Å². The van der Waals surface area contributed by atoms with E-state index in [-0.39, 0.29) is 12.3 Å². The monoisotopic (exact) mass is 389 g/mol. The number of anilines is 1. The molecule has 1 aromatic carbocycles. The van der Waals surface area contributed by atoms with Crippen LogP contribution in [0, 0.1) is 12.8 Å². The number of carbonyl (C=O) groups excluding carboxylic acids is 2. The van der Waals surface area contributed by atoms with E-state index < -0.39 is 17.5 Å². The van der Waals surface area contributed by atoms with Gasteiger partial charge in [-0.1, -0.05) is 6.92 Å². The van der Waals surface area contributed by atoms with Crippen LogP contribution in [0.5, 0.6) is 0 Å². The molecule has 1 aliphatic heterocycles. The van der Waals surface area contributed by atoms with Crippen molar-refractivity contribution >= 4 is 23.6 Å². The second-order valence-corrected chi connectivity index (χ2v) is 8.36. The van der Waals surface area contributed by atoms with Crippen LogP contribution in [0.3, 0.4) is 0 Å². The number of rotatable bonds is 6. The third-order valence-corrected chi connectivity index (χ3v) is 5.21. The van der Waals surface area contributed by atoms with Crippen molar-refractivity contribution in [2.24, 2.45) is 5.92 Å². The van der Waals surface area contributed by atoms with E-state index in [4.69, 9.17) is 5.11 Å². The lowest BCUT2D eigenvalue weighted by Crippen LogP contribution is -2.45. The molecule has 3 amide bonds. The standard InChI is InChI=1S/C21H31N3O4/c1-14-8-11-24(12-9-14)19(27)16-5-6-17(15(2)13-16)22-20(28)23-21(3,4)10-7-18(25)26/h5-6,13-14H,7-12H2,1-4H3,(H,25,26)(H2,22,23,28). The number of nitrogens with zero attached hydrogens (tertiary/aromatic N) is 1. The molecule has 1 aromatic rings. The highest BCUT2D eigenvalue weighted by Gasteiger charge is 2.23. The van der Waals surface area contributed by atoms with Gasteiger partial charge < -0.3 is 20.6 Å². The van der Waals surface area contributed by atoms with Gasteiger partial charge in [0.05, 0.1) is 0 Å². The fourth-order valence-electron chi connectivity index (χ4n) is 3.27. The number of piperidine rings is 1. The molecule has 0 saturated carbocycles. The van der Waals surface area contributed by atoms with Crippen LogP contribution in [0.1, 0.15) is 62.4 Å². The predicted molar refractivity (Wildman–Crippen MR) is 109 cm³/mol. The summed E-state index contributed by atoms with van der Waals surface area (Å²) >= 11 is 0. The molecule has 3 N–H and O–H groups in total. The molecule has 0 radical (unpaired) electrons. The third-order valence-electron chi connectivity index (χ3n) is 5.21. The molecule has 1 heterocycles. The molecule has 0 spiro atoms. The van der Waals surface area contributed by atoms with Crippen molar-refractivity contribution in [2.75, 3.05) is 18.4 Å². The Morgan fingerprint density at radius 3 is 2.43 bits per heavy atom. The van der Waals surface area contributed by atoms with Crippen molar-refractivity contribution in [2.45, 2.75) is 58.9 Å². The van der Waals surface area contributed by atoms with Gasteiger partial charge in [0.15, 0.2) is 0 Å². The van der Waals surface area contributed by atoms with E-state index in [2.05, 4.69) is 17.6 Å². The van der Waals surface area contributed by atoms with Crippen molar-refractivity contribution in [1.29, 1.82) is 0 Å². The summed E-state index contributed by atoms with van der Waals surface area (Å²) in [7, 11) is 0. The predicted octanol–water partition coefficient (Wildman–Crippen LogP) is 3.63. The van der Waals surface area contributed by atoms with Gasteiger partial charge in [-0.15, -0.1) is 0 Å². The molecule has 7 nitrogen and oxygen atoms in total. The maximum Gasteiger partial charge on any atom is 0.319 e. The molecule has 0 atom stereocenters. The number of amides is 3. The van der Waals surface area contributed by atoms with Crippen molar-refractivity contribution in [1.82, 2.24) is 10.2 Å².